The summed E-state index contributed by atoms with van der Waals surface area (Å²) in [7, 11) is 0. The molecule has 0 saturated carbocycles. The van der Waals surface area contributed by atoms with Crippen LogP contribution in [0.2, 0.25) is 0 Å². The minimum absolute atomic E-state index is 0.0521. The van der Waals surface area contributed by atoms with Gasteiger partial charge in [-0.15, -0.1) is 11.6 Å². The van der Waals surface area contributed by atoms with Crippen LogP contribution in [-0.2, 0) is 4.79 Å². The van der Waals surface area contributed by atoms with Gasteiger partial charge in [-0.05, 0) is 12.5 Å². The van der Waals surface area contributed by atoms with Gasteiger partial charge in [0.05, 0.1) is 5.92 Å². The predicted octanol–water partition coefficient (Wildman–Crippen LogP) is 1.81. The van der Waals surface area contributed by atoms with Crippen LogP contribution in [0.3, 0.4) is 0 Å². The molecule has 3 nitrogen and oxygen atoms in total. The van der Waals surface area contributed by atoms with E-state index in [0.717, 1.165) is 0 Å². The number of carbonyl (C=O) groups excluding carboxylic acids is 1. The lowest BCUT2D eigenvalue weighted by Gasteiger charge is -2.15. The van der Waals surface area contributed by atoms with Crippen molar-refractivity contribution in [2.45, 2.75) is 12.3 Å². The normalized spacial score (nSPS) is 12.3. The van der Waals surface area contributed by atoms with E-state index in [1.54, 1.807) is 0 Å². The van der Waals surface area contributed by atoms with Gasteiger partial charge in [-0.25, -0.2) is 19.0 Å². The summed E-state index contributed by atoms with van der Waals surface area (Å²) in [6, 6.07) is 1.02. The average Bonchev–Trinajstić information content (AvgIpc) is 2.30. The lowest BCUT2D eigenvalue weighted by atomic mass is 9.95. The molecule has 3 N–H and O–H groups in total. The quantitative estimate of drug-likeness (QED) is 0.287. The standard InChI is InChI=1S/C10H10ClF3N2O/c11-2-1-5(10(17)16-15)6-3-8(13)9(14)4-7(6)12/h3-5H,1-2,15H2,(H,16,17). The number of alkyl halides is 1. The van der Waals surface area contributed by atoms with Gasteiger partial charge in [0.2, 0.25) is 5.91 Å². The van der Waals surface area contributed by atoms with E-state index in [0.29, 0.717) is 12.1 Å². The highest BCUT2D eigenvalue weighted by molar-refractivity contribution is 6.18. The number of hydrogen-bond acceptors (Lipinski definition) is 2. The molecule has 0 aliphatic heterocycles. The van der Waals surface area contributed by atoms with Crippen molar-refractivity contribution in [3.8, 4) is 0 Å². The van der Waals surface area contributed by atoms with E-state index >= 15 is 0 Å². The van der Waals surface area contributed by atoms with E-state index in [2.05, 4.69) is 0 Å². The zero-order valence-electron chi connectivity index (χ0n) is 8.64. The Balaban J connectivity index is 3.18. The molecule has 94 valence electrons. The third-order valence-corrected chi connectivity index (χ3v) is 2.49. The van der Waals surface area contributed by atoms with E-state index in [-0.39, 0.29) is 17.9 Å². The molecule has 1 unspecified atom stereocenters. The summed E-state index contributed by atoms with van der Waals surface area (Å²) >= 11 is 5.46. The second-order valence-electron chi connectivity index (χ2n) is 3.33. The van der Waals surface area contributed by atoms with Crippen molar-refractivity contribution >= 4 is 17.5 Å². The van der Waals surface area contributed by atoms with Crippen LogP contribution in [0.4, 0.5) is 13.2 Å². The molecular weight excluding hydrogens is 257 g/mol. The number of amides is 1. The van der Waals surface area contributed by atoms with Crippen molar-refractivity contribution in [2.24, 2.45) is 5.84 Å². The predicted molar refractivity (Wildman–Crippen MR) is 56.7 cm³/mol. The van der Waals surface area contributed by atoms with Crippen molar-refractivity contribution in [3.63, 3.8) is 0 Å². The zero-order chi connectivity index (χ0) is 13.0. The van der Waals surface area contributed by atoms with E-state index < -0.39 is 29.3 Å². The number of carbonyl (C=O) groups is 1. The molecule has 1 aromatic carbocycles. The zero-order valence-corrected chi connectivity index (χ0v) is 9.40. The van der Waals surface area contributed by atoms with E-state index in [9.17, 15) is 18.0 Å². The first kappa shape index (κ1) is 13.8. The smallest absolute Gasteiger partial charge is 0.241 e. The molecule has 0 aliphatic rings. The Morgan fingerprint density at radius 2 is 1.88 bits per heavy atom. The molecule has 0 aromatic heterocycles. The summed E-state index contributed by atoms with van der Waals surface area (Å²) in [6.07, 6.45) is 0.0621. The third-order valence-electron chi connectivity index (χ3n) is 2.27. The summed E-state index contributed by atoms with van der Waals surface area (Å²) in [5.41, 5.74) is 1.56. The fourth-order valence-electron chi connectivity index (χ4n) is 1.44. The molecular formula is C10H10ClF3N2O. The van der Waals surface area contributed by atoms with E-state index in [4.69, 9.17) is 17.4 Å². The molecule has 17 heavy (non-hydrogen) atoms. The van der Waals surface area contributed by atoms with Crippen LogP contribution in [0.5, 0.6) is 0 Å². The lowest BCUT2D eigenvalue weighted by Crippen LogP contribution is -2.35. The number of nitrogens with two attached hydrogens (primary N) is 1. The van der Waals surface area contributed by atoms with Gasteiger partial charge in [0.1, 0.15) is 5.82 Å². The van der Waals surface area contributed by atoms with Crippen molar-refractivity contribution < 1.29 is 18.0 Å². The highest BCUT2D eigenvalue weighted by Crippen LogP contribution is 2.25. The Kier molecular flexibility index (Phi) is 4.77. The summed E-state index contributed by atoms with van der Waals surface area (Å²) in [5.74, 6) is -0.341. The van der Waals surface area contributed by atoms with Gasteiger partial charge in [0, 0.05) is 17.5 Å². The molecule has 0 aliphatic carbocycles. The first-order valence-corrected chi connectivity index (χ1v) is 5.25. The summed E-state index contributed by atoms with van der Waals surface area (Å²) in [5, 5.41) is 0. The maximum Gasteiger partial charge on any atom is 0.241 e. The maximum absolute atomic E-state index is 13.4. The molecule has 1 atom stereocenters. The number of hydrazine groups is 1. The van der Waals surface area contributed by atoms with Crippen molar-refractivity contribution in [3.05, 3.63) is 35.1 Å². The summed E-state index contributed by atoms with van der Waals surface area (Å²) < 4.78 is 39.1. The van der Waals surface area contributed by atoms with Gasteiger partial charge in [-0.1, -0.05) is 0 Å². The summed E-state index contributed by atoms with van der Waals surface area (Å²) in [4.78, 5) is 11.4. The Bertz CT molecular complexity index is 428. The Hall–Kier alpha value is -1.27. The van der Waals surface area contributed by atoms with Crippen LogP contribution in [0, 0.1) is 17.5 Å². The molecule has 0 radical (unpaired) electrons. The minimum Gasteiger partial charge on any atom is -0.294 e. The molecule has 7 heteroatoms. The Morgan fingerprint density at radius 1 is 1.29 bits per heavy atom. The van der Waals surface area contributed by atoms with Crippen LogP contribution in [-0.4, -0.2) is 11.8 Å². The maximum atomic E-state index is 13.4. The number of hydrogen-bond donors (Lipinski definition) is 2. The van der Waals surface area contributed by atoms with Crippen LogP contribution < -0.4 is 11.3 Å². The van der Waals surface area contributed by atoms with Crippen LogP contribution in [0.1, 0.15) is 17.9 Å². The fraction of sp³-hybridized carbons (Fsp3) is 0.300. The molecule has 1 rings (SSSR count). The first-order chi connectivity index (χ1) is 8.01. The Labute approximate surface area is 101 Å². The second-order valence-corrected chi connectivity index (χ2v) is 3.70. The molecule has 1 amide bonds. The minimum atomic E-state index is -1.32. The molecule has 0 bridgehead atoms. The molecule has 0 spiro atoms. The van der Waals surface area contributed by atoms with Gasteiger partial charge in [0.15, 0.2) is 11.6 Å². The Morgan fingerprint density at radius 3 is 2.41 bits per heavy atom. The number of benzene rings is 1. The highest BCUT2D eigenvalue weighted by atomic mass is 35.5. The third kappa shape index (κ3) is 3.10. The first-order valence-electron chi connectivity index (χ1n) is 4.72. The monoisotopic (exact) mass is 266 g/mol. The molecule has 0 heterocycles. The van der Waals surface area contributed by atoms with Gasteiger partial charge < -0.3 is 0 Å². The van der Waals surface area contributed by atoms with Gasteiger partial charge in [0.25, 0.3) is 0 Å². The van der Waals surface area contributed by atoms with Crippen molar-refractivity contribution in [2.75, 3.05) is 5.88 Å². The largest absolute Gasteiger partial charge is 0.294 e. The highest BCUT2D eigenvalue weighted by Gasteiger charge is 2.24. The van der Waals surface area contributed by atoms with E-state index in [1.165, 1.54) is 0 Å². The topological polar surface area (TPSA) is 55.1 Å². The molecule has 1 aromatic rings. The van der Waals surface area contributed by atoms with Gasteiger partial charge in [-0.2, -0.15) is 0 Å². The van der Waals surface area contributed by atoms with Crippen LogP contribution in [0.15, 0.2) is 12.1 Å². The number of halogens is 4. The van der Waals surface area contributed by atoms with Gasteiger partial charge >= 0.3 is 0 Å². The molecule has 0 saturated heterocycles. The SMILES string of the molecule is NNC(=O)C(CCCl)c1cc(F)c(F)cc1F. The fourth-order valence-corrected chi connectivity index (χ4v) is 1.66. The average molecular weight is 267 g/mol. The second kappa shape index (κ2) is 5.88. The molecule has 0 fully saturated rings. The number of nitrogens with one attached hydrogen (secondary N) is 1. The number of rotatable bonds is 4. The van der Waals surface area contributed by atoms with Crippen LogP contribution >= 0.6 is 11.6 Å². The van der Waals surface area contributed by atoms with E-state index in [1.807, 2.05) is 5.43 Å². The lowest BCUT2D eigenvalue weighted by molar-refractivity contribution is -0.122. The van der Waals surface area contributed by atoms with Crippen molar-refractivity contribution in [1.29, 1.82) is 0 Å². The summed E-state index contributed by atoms with van der Waals surface area (Å²) in [6.45, 7) is 0. The van der Waals surface area contributed by atoms with Gasteiger partial charge in [-0.3, -0.25) is 10.2 Å². The van der Waals surface area contributed by atoms with Crippen LogP contribution in [0.25, 0.3) is 0 Å². The van der Waals surface area contributed by atoms with Crippen molar-refractivity contribution in [1.82, 2.24) is 5.43 Å².